The van der Waals surface area contributed by atoms with Crippen LogP contribution in [0, 0.1) is 0 Å². The highest BCUT2D eigenvalue weighted by molar-refractivity contribution is 5.72. The van der Waals surface area contributed by atoms with Crippen molar-refractivity contribution in [3.05, 3.63) is 39.2 Å². The van der Waals surface area contributed by atoms with Crippen molar-refractivity contribution in [3.8, 4) is 0 Å². The molecule has 4 N–H and O–H groups in total. The zero-order valence-electron chi connectivity index (χ0n) is 10.7. The predicted octanol–water partition coefficient (Wildman–Crippen LogP) is -2.30. The highest BCUT2D eigenvalue weighted by atomic mass is 16.6. The zero-order chi connectivity index (χ0) is 15.1. The molecule has 0 bridgehead atoms. The molecule has 0 amide bonds. The molecule has 0 radical (unpaired) electrons. The van der Waals surface area contributed by atoms with Crippen molar-refractivity contribution in [2.24, 2.45) is 0 Å². The molecule has 0 aliphatic carbocycles. The van der Waals surface area contributed by atoms with E-state index < -0.39 is 36.8 Å². The zero-order valence-corrected chi connectivity index (χ0v) is 10.7. The Balaban J connectivity index is 2.09. The van der Waals surface area contributed by atoms with Gasteiger partial charge in [0.15, 0.2) is 6.23 Å². The first-order chi connectivity index (χ1) is 10.0. The summed E-state index contributed by atoms with van der Waals surface area (Å²) in [4.78, 5) is 29.3. The SMILES string of the molecule is O=c1ccc2cn([C@@H]3O[C@H](CO)C(O)[C@@H]3O)c(=O)nc2[nH]1. The van der Waals surface area contributed by atoms with Crippen LogP contribution in [0.3, 0.4) is 0 Å². The molecule has 0 aromatic carbocycles. The second-order valence-electron chi connectivity index (χ2n) is 4.79. The van der Waals surface area contributed by atoms with Gasteiger partial charge in [-0.3, -0.25) is 9.36 Å². The smallest absolute Gasteiger partial charge is 0.351 e. The summed E-state index contributed by atoms with van der Waals surface area (Å²) in [5, 5.41) is 29.1. The summed E-state index contributed by atoms with van der Waals surface area (Å²) in [7, 11) is 0. The van der Waals surface area contributed by atoms with Crippen molar-refractivity contribution >= 4 is 11.0 Å². The van der Waals surface area contributed by atoms with E-state index in [9.17, 15) is 19.8 Å². The van der Waals surface area contributed by atoms with E-state index >= 15 is 0 Å². The van der Waals surface area contributed by atoms with E-state index in [0.29, 0.717) is 5.39 Å². The fraction of sp³-hybridized carbons (Fsp3) is 0.417. The van der Waals surface area contributed by atoms with Gasteiger partial charge in [-0.15, -0.1) is 0 Å². The largest absolute Gasteiger partial charge is 0.394 e. The molecule has 1 unspecified atom stereocenters. The standard InChI is InChI=1S/C12H13N3O6/c16-4-6-8(18)9(19)11(21-6)15-3-5-1-2-7(17)13-10(5)14-12(15)20/h1-3,6,8-9,11,16,18-19H,4H2,(H,13,14,17,20)/t6-,8?,9+,11-/m1/s1. The van der Waals surface area contributed by atoms with E-state index in [2.05, 4.69) is 9.97 Å². The van der Waals surface area contributed by atoms with Gasteiger partial charge in [0.25, 0.3) is 0 Å². The Morgan fingerprint density at radius 2 is 2.05 bits per heavy atom. The van der Waals surface area contributed by atoms with Gasteiger partial charge in [-0.2, -0.15) is 4.98 Å². The Morgan fingerprint density at radius 3 is 2.71 bits per heavy atom. The predicted molar refractivity (Wildman–Crippen MR) is 69.6 cm³/mol. The lowest BCUT2D eigenvalue weighted by molar-refractivity contribution is -0.0547. The molecule has 2 aromatic rings. The lowest BCUT2D eigenvalue weighted by atomic mass is 10.1. The van der Waals surface area contributed by atoms with Crippen LogP contribution in [-0.4, -0.2) is 54.8 Å². The molecular formula is C12H13N3O6. The number of ether oxygens (including phenoxy) is 1. The first-order valence-electron chi connectivity index (χ1n) is 6.26. The molecule has 9 nitrogen and oxygen atoms in total. The number of aromatic amines is 1. The fourth-order valence-corrected chi connectivity index (χ4v) is 2.32. The summed E-state index contributed by atoms with van der Waals surface area (Å²) in [6, 6.07) is 2.74. The van der Waals surface area contributed by atoms with Gasteiger partial charge in [0, 0.05) is 17.6 Å². The molecule has 2 aromatic heterocycles. The summed E-state index contributed by atoms with van der Waals surface area (Å²) in [5.74, 6) is 0. The summed E-state index contributed by atoms with van der Waals surface area (Å²) in [5.41, 5.74) is -1.02. The van der Waals surface area contributed by atoms with Gasteiger partial charge in [-0.05, 0) is 6.07 Å². The van der Waals surface area contributed by atoms with Gasteiger partial charge in [0.2, 0.25) is 5.56 Å². The molecule has 1 fully saturated rings. The van der Waals surface area contributed by atoms with Crippen LogP contribution in [0.1, 0.15) is 6.23 Å². The topological polar surface area (TPSA) is 138 Å². The van der Waals surface area contributed by atoms with Crippen molar-refractivity contribution < 1.29 is 20.1 Å². The molecule has 0 saturated carbocycles. The Labute approximate surface area is 117 Å². The third-order valence-corrected chi connectivity index (χ3v) is 3.43. The monoisotopic (exact) mass is 295 g/mol. The quantitative estimate of drug-likeness (QED) is 0.488. The number of H-pyrrole nitrogens is 1. The lowest BCUT2D eigenvalue weighted by Crippen LogP contribution is -2.36. The van der Waals surface area contributed by atoms with E-state index in [-0.39, 0.29) is 11.2 Å². The molecule has 3 rings (SSSR count). The number of nitrogens with zero attached hydrogens (tertiary/aromatic N) is 2. The van der Waals surface area contributed by atoms with Crippen molar-refractivity contribution in [1.82, 2.24) is 14.5 Å². The molecule has 21 heavy (non-hydrogen) atoms. The highest BCUT2D eigenvalue weighted by Crippen LogP contribution is 2.28. The highest BCUT2D eigenvalue weighted by Gasteiger charge is 2.43. The molecule has 1 aliphatic rings. The normalized spacial score (nSPS) is 29.1. The van der Waals surface area contributed by atoms with Gasteiger partial charge >= 0.3 is 5.69 Å². The summed E-state index contributed by atoms with van der Waals surface area (Å²) < 4.78 is 6.29. The average Bonchev–Trinajstić information content (AvgIpc) is 2.74. The van der Waals surface area contributed by atoms with Crippen LogP contribution in [0.15, 0.2) is 27.9 Å². The number of pyridine rings is 1. The Morgan fingerprint density at radius 1 is 1.29 bits per heavy atom. The van der Waals surface area contributed by atoms with E-state index in [1.165, 1.54) is 18.3 Å². The van der Waals surface area contributed by atoms with Crippen LogP contribution in [0.2, 0.25) is 0 Å². The Bertz CT molecular complexity index is 784. The van der Waals surface area contributed by atoms with Crippen LogP contribution in [0.4, 0.5) is 0 Å². The third-order valence-electron chi connectivity index (χ3n) is 3.43. The van der Waals surface area contributed by atoms with Crippen molar-refractivity contribution in [3.63, 3.8) is 0 Å². The molecule has 1 aliphatic heterocycles. The molecule has 4 atom stereocenters. The van der Waals surface area contributed by atoms with Gasteiger partial charge in [0.05, 0.1) is 6.61 Å². The second kappa shape index (κ2) is 5.04. The fourth-order valence-electron chi connectivity index (χ4n) is 2.32. The van der Waals surface area contributed by atoms with Gasteiger partial charge < -0.3 is 25.0 Å². The minimum Gasteiger partial charge on any atom is -0.394 e. The first kappa shape index (κ1) is 13.9. The lowest BCUT2D eigenvalue weighted by Gasteiger charge is -2.17. The number of fused-ring (bicyclic) bond motifs is 1. The third kappa shape index (κ3) is 2.25. The van der Waals surface area contributed by atoms with Crippen LogP contribution < -0.4 is 11.2 Å². The van der Waals surface area contributed by atoms with Gasteiger partial charge in [0.1, 0.15) is 24.0 Å². The van der Waals surface area contributed by atoms with Crippen LogP contribution in [0.25, 0.3) is 11.0 Å². The number of hydrogen-bond donors (Lipinski definition) is 4. The number of hydrogen-bond acceptors (Lipinski definition) is 7. The Kier molecular flexibility index (Phi) is 3.33. The summed E-state index contributed by atoms with van der Waals surface area (Å²) in [6.07, 6.45) is -3.46. The number of aliphatic hydroxyl groups is 3. The van der Waals surface area contributed by atoms with Gasteiger partial charge in [-0.1, -0.05) is 0 Å². The molecule has 112 valence electrons. The number of aromatic nitrogens is 3. The van der Waals surface area contributed by atoms with Crippen LogP contribution >= 0.6 is 0 Å². The van der Waals surface area contributed by atoms with E-state index in [1.54, 1.807) is 0 Å². The maximum Gasteiger partial charge on any atom is 0.351 e. The van der Waals surface area contributed by atoms with Crippen molar-refractivity contribution in [1.29, 1.82) is 0 Å². The number of aliphatic hydroxyl groups excluding tert-OH is 3. The molecule has 9 heteroatoms. The summed E-state index contributed by atoms with van der Waals surface area (Å²) >= 11 is 0. The Hall–Kier alpha value is -2.07. The van der Waals surface area contributed by atoms with E-state index in [1.807, 2.05) is 0 Å². The number of nitrogens with one attached hydrogen (secondary N) is 1. The van der Waals surface area contributed by atoms with Crippen LogP contribution in [-0.2, 0) is 4.74 Å². The van der Waals surface area contributed by atoms with E-state index in [4.69, 9.17) is 9.84 Å². The van der Waals surface area contributed by atoms with Crippen molar-refractivity contribution in [2.45, 2.75) is 24.5 Å². The molecular weight excluding hydrogens is 282 g/mol. The average molecular weight is 295 g/mol. The van der Waals surface area contributed by atoms with Gasteiger partial charge in [-0.25, -0.2) is 4.79 Å². The molecule has 1 saturated heterocycles. The van der Waals surface area contributed by atoms with Crippen molar-refractivity contribution in [2.75, 3.05) is 6.61 Å². The molecule has 0 spiro atoms. The van der Waals surface area contributed by atoms with E-state index in [0.717, 1.165) is 4.57 Å². The minimum atomic E-state index is -1.37. The molecule has 3 heterocycles. The maximum atomic E-state index is 12.0. The summed E-state index contributed by atoms with van der Waals surface area (Å²) in [6.45, 7) is -0.488. The second-order valence-corrected chi connectivity index (χ2v) is 4.79. The first-order valence-corrected chi connectivity index (χ1v) is 6.26. The maximum absolute atomic E-state index is 12.0. The number of rotatable bonds is 2. The van der Waals surface area contributed by atoms with Crippen LogP contribution in [0.5, 0.6) is 0 Å². The minimum absolute atomic E-state index is 0.121.